The Labute approximate surface area is 146 Å². The number of benzene rings is 1. The van der Waals surface area contributed by atoms with E-state index in [1.165, 1.54) is 18.4 Å². The summed E-state index contributed by atoms with van der Waals surface area (Å²) in [6, 6.07) is 11.7. The number of hydrogen-bond acceptors (Lipinski definition) is 2. The summed E-state index contributed by atoms with van der Waals surface area (Å²) in [4.78, 5) is 16.6. The molecular weight excluding hydrogens is 322 g/mol. The monoisotopic (exact) mass is 341 g/mol. The summed E-state index contributed by atoms with van der Waals surface area (Å²) >= 11 is 5.96. The summed E-state index contributed by atoms with van der Waals surface area (Å²) in [6.07, 6.45) is 7.28. The van der Waals surface area contributed by atoms with Gasteiger partial charge in [0.2, 0.25) is 5.91 Å². The van der Waals surface area contributed by atoms with Crippen LogP contribution in [0, 0.1) is 0 Å². The number of amides is 1. The minimum atomic E-state index is -0.0780. The smallest absolute Gasteiger partial charge is 0.230 e. The standard InChI is InChI=1S/C19H20ClN3O/c1-2-3-4-14-5-8-16(9-6-14)22-19(24)11-17-13-23-12-15(20)7-10-18(23)21-17/h5-10,12-13H,2-4,11H2,1H3,(H,22,24). The molecule has 1 amide bonds. The van der Waals surface area contributed by atoms with Crippen molar-refractivity contribution in [2.75, 3.05) is 5.32 Å². The fraction of sp³-hybridized carbons (Fsp3) is 0.263. The fourth-order valence-corrected chi connectivity index (χ4v) is 2.78. The maximum absolute atomic E-state index is 12.2. The second-order valence-electron chi connectivity index (χ2n) is 5.87. The van der Waals surface area contributed by atoms with Crippen molar-refractivity contribution < 1.29 is 4.79 Å². The first-order valence-electron chi connectivity index (χ1n) is 8.16. The number of pyridine rings is 1. The number of nitrogens with one attached hydrogen (secondary N) is 1. The van der Waals surface area contributed by atoms with Crippen LogP contribution in [-0.2, 0) is 17.6 Å². The molecule has 3 aromatic rings. The van der Waals surface area contributed by atoms with Gasteiger partial charge in [-0.15, -0.1) is 0 Å². The van der Waals surface area contributed by atoms with Gasteiger partial charge >= 0.3 is 0 Å². The van der Waals surface area contributed by atoms with Crippen LogP contribution in [0.2, 0.25) is 5.02 Å². The summed E-state index contributed by atoms with van der Waals surface area (Å²) in [7, 11) is 0. The number of halogens is 1. The van der Waals surface area contributed by atoms with Crippen LogP contribution in [0.3, 0.4) is 0 Å². The number of nitrogens with zero attached hydrogens (tertiary/aromatic N) is 2. The van der Waals surface area contributed by atoms with Gasteiger partial charge in [-0.1, -0.05) is 37.1 Å². The Kier molecular flexibility index (Phi) is 5.16. The van der Waals surface area contributed by atoms with E-state index in [0.717, 1.165) is 17.8 Å². The average molecular weight is 342 g/mol. The van der Waals surface area contributed by atoms with Crippen LogP contribution < -0.4 is 5.32 Å². The van der Waals surface area contributed by atoms with E-state index in [1.54, 1.807) is 12.3 Å². The maximum Gasteiger partial charge on any atom is 0.230 e. The molecule has 1 aromatic carbocycles. The fourth-order valence-electron chi connectivity index (χ4n) is 2.61. The number of rotatable bonds is 6. The highest BCUT2D eigenvalue weighted by molar-refractivity contribution is 6.30. The second kappa shape index (κ2) is 7.49. The van der Waals surface area contributed by atoms with Crippen LogP contribution in [0.25, 0.3) is 5.65 Å². The zero-order valence-electron chi connectivity index (χ0n) is 13.6. The molecule has 2 aromatic heterocycles. The van der Waals surface area contributed by atoms with E-state index >= 15 is 0 Å². The first kappa shape index (κ1) is 16.5. The number of carbonyl (C=O) groups excluding carboxylic acids is 1. The third-order valence-electron chi connectivity index (χ3n) is 3.86. The molecule has 4 nitrogen and oxygen atoms in total. The van der Waals surface area contributed by atoms with Gasteiger partial charge < -0.3 is 9.72 Å². The van der Waals surface area contributed by atoms with E-state index in [2.05, 4.69) is 29.4 Å². The van der Waals surface area contributed by atoms with Crippen molar-refractivity contribution in [1.82, 2.24) is 9.38 Å². The lowest BCUT2D eigenvalue weighted by molar-refractivity contribution is -0.115. The van der Waals surface area contributed by atoms with Gasteiger partial charge in [0, 0.05) is 18.1 Å². The molecule has 2 heterocycles. The molecule has 0 spiro atoms. The third kappa shape index (κ3) is 4.15. The van der Waals surface area contributed by atoms with Gasteiger partial charge in [-0.25, -0.2) is 4.98 Å². The number of aromatic nitrogens is 2. The molecule has 0 atom stereocenters. The predicted octanol–water partition coefficient (Wildman–Crippen LogP) is 4.51. The Bertz CT molecular complexity index is 839. The Hall–Kier alpha value is -2.33. The molecule has 24 heavy (non-hydrogen) atoms. The quantitative estimate of drug-likeness (QED) is 0.717. The van der Waals surface area contributed by atoms with Crippen molar-refractivity contribution in [1.29, 1.82) is 0 Å². The third-order valence-corrected chi connectivity index (χ3v) is 4.09. The van der Waals surface area contributed by atoms with Crippen molar-refractivity contribution in [2.45, 2.75) is 32.6 Å². The van der Waals surface area contributed by atoms with E-state index in [9.17, 15) is 4.79 Å². The van der Waals surface area contributed by atoms with Gasteiger partial charge in [0.25, 0.3) is 0 Å². The highest BCUT2D eigenvalue weighted by Crippen LogP contribution is 2.14. The Balaban J connectivity index is 1.61. The van der Waals surface area contributed by atoms with E-state index in [-0.39, 0.29) is 12.3 Å². The van der Waals surface area contributed by atoms with E-state index < -0.39 is 0 Å². The van der Waals surface area contributed by atoms with Crippen LogP contribution >= 0.6 is 11.6 Å². The van der Waals surface area contributed by atoms with Crippen LogP contribution in [0.1, 0.15) is 31.0 Å². The van der Waals surface area contributed by atoms with Gasteiger partial charge in [-0.3, -0.25) is 4.79 Å². The zero-order chi connectivity index (χ0) is 16.9. The number of anilines is 1. The first-order valence-corrected chi connectivity index (χ1v) is 8.54. The lowest BCUT2D eigenvalue weighted by atomic mass is 10.1. The van der Waals surface area contributed by atoms with Crippen molar-refractivity contribution in [2.24, 2.45) is 0 Å². The minimum Gasteiger partial charge on any atom is -0.326 e. The second-order valence-corrected chi connectivity index (χ2v) is 6.31. The van der Waals surface area contributed by atoms with Crippen molar-refractivity contribution in [3.8, 4) is 0 Å². The largest absolute Gasteiger partial charge is 0.326 e. The van der Waals surface area contributed by atoms with Gasteiger partial charge in [0.1, 0.15) is 5.65 Å². The summed E-state index contributed by atoms with van der Waals surface area (Å²) in [6.45, 7) is 2.18. The zero-order valence-corrected chi connectivity index (χ0v) is 14.4. The summed E-state index contributed by atoms with van der Waals surface area (Å²) in [5.74, 6) is -0.0780. The van der Waals surface area contributed by atoms with Crippen molar-refractivity contribution in [3.05, 3.63) is 65.1 Å². The van der Waals surface area contributed by atoms with Gasteiger partial charge in [-0.2, -0.15) is 0 Å². The molecule has 0 saturated carbocycles. The molecule has 0 fully saturated rings. The molecule has 0 unspecified atom stereocenters. The molecular formula is C19H20ClN3O. The minimum absolute atomic E-state index is 0.0780. The molecule has 3 rings (SSSR count). The van der Waals surface area contributed by atoms with Gasteiger partial charge in [0.15, 0.2) is 0 Å². The topological polar surface area (TPSA) is 46.4 Å². The normalized spacial score (nSPS) is 10.9. The van der Waals surface area contributed by atoms with Crippen LogP contribution in [-0.4, -0.2) is 15.3 Å². The van der Waals surface area contributed by atoms with Gasteiger partial charge in [0.05, 0.1) is 17.1 Å². The molecule has 0 aliphatic heterocycles. The Morgan fingerprint density at radius 3 is 2.71 bits per heavy atom. The van der Waals surface area contributed by atoms with Crippen LogP contribution in [0.4, 0.5) is 5.69 Å². The number of unbranched alkanes of at least 4 members (excludes halogenated alkanes) is 1. The highest BCUT2D eigenvalue weighted by atomic mass is 35.5. The molecule has 1 N–H and O–H groups in total. The van der Waals surface area contributed by atoms with Gasteiger partial charge in [-0.05, 0) is 42.7 Å². The van der Waals surface area contributed by atoms with Crippen molar-refractivity contribution in [3.63, 3.8) is 0 Å². The van der Waals surface area contributed by atoms with E-state index in [1.807, 2.05) is 28.8 Å². The summed E-state index contributed by atoms with van der Waals surface area (Å²) in [5.41, 5.74) is 3.61. The average Bonchev–Trinajstić information content (AvgIpc) is 2.95. The molecule has 0 saturated heterocycles. The lowest BCUT2D eigenvalue weighted by Gasteiger charge is -2.05. The first-order chi connectivity index (χ1) is 11.6. The number of carbonyl (C=O) groups is 1. The Morgan fingerprint density at radius 2 is 1.96 bits per heavy atom. The summed E-state index contributed by atoms with van der Waals surface area (Å²) < 4.78 is 1.83. The number of aryl methyl sites for hydroxylation is 1. The predicted molar refractivity (Wildman–Crippen MR) is 97.6 cm³/mol. The van der Waals surface area contributed by atoms with E-state index in [4.69, 9.17) is 11.6 Å². The lowest BCUT2D eigenvalue weighted by Crippen LogP contribution is -2.14. The highest BCUT2D eigenvalue weighted by Gasteiger charge is 2.08. The maximum atomic E-state index is 12.2. The Morgan fingerprint density at radius 1 is 1.17 bits per heavy atom. The molecule has 124 valence electrons. The molecule has 0 radical (unpaired) electrons. The van der Waals surface area contributed by atoms with Crippen molar-refractivity contribution >= 4 is 28.8 Å². The van der Waals surface area contributed by atoms with Crippen LogP contribution in [0.15, 0.2) is 48.8 Å². The van der Waals surface area contributed by atoms with Crippen LogP contribution in [0.5, 0.6) is 0 Å². The number of imidazole rings is 1. The molecule has 0 aliphatic rings. The molecule has 0 bridgehead atoms. The van der Waals surface area contributed by atoms with E-state index in [0.29, 0.717) is 10.7 Å². The summed E-state index contributed by atoms with van der Waals surface area (Å²) in [5, 5.41) is 3.55. The number of hydrogen-bond donors (Lipinski definition) is 1. The SMILES string of the molecule is CCCCc1ccc(NC(=O)Cc2cn3cc(Cl)ccc3n2)cc1. The molecule has 5 heteroatoms. The molecule has 0 aliphatic carbocycles. The number of fused-ring (bicyclic) bond motifs is 1.